The van der Waals surface area contributed by atoms with E-state index in [1.807, 2.05) is 18.5 Å². The average Bonchev–Trinajstić information content (AvgIpc) is 3.31. The van der Waals surface area contributed by atoms with Crippen molar-refractivity contribution < 1.29 is 8.78 Å². The van der Waals surface area contributed by atoms with E-state index >= 15 is 0 Å². The molecule has 11 heteroatoms. The van der Waals surface area contributed by atoms with Crippen LogP contribution < -0.4 is 11.4 Å². The summed E-state index contributed by atoms with van der Waals surface area (Å²) in [6, 6.07) is 1.78. The third-order valence-electron chi connectivity index (χ3n) is 3.58. The first-order chi connectivity index (χ1) is 12.0. The predicted octanol–water partition coefficient (Wildman–Crippen LogP) is 1.48. The third-order valence-corrected chi connectivity index (χ3v) is 4.48. The summed E-state index contributed by atoms with van der Waals surface area (Å²) >= 11 is 1.30. The van der Waals surface area contributed by atoms with Crippen molar-refractivity contribution in [2.24, 2.45) is 5.73 Å². The van der Waals surface area contributed by atoms with Crippen LogP contribution in [0.3, 0.4) is 0 Å². The molecule has 0 atom stereocenters. The van der Waals surface area contributed by atoms with E-state index in [4.69, 9.17) is 5.73 Å². The van der Waals surface area contributed by atoms with Crippen molar-refractivity contribution in [1.82, 2.24) is 29.6 Å². The van der Waals surface area contributed by atoms with E-state index in [0.717, 1.165) is 27.0 Å². The molecule has 8 nitrogen and oxygen atoms in total. The molecule has 0 saturated heterocycles. The molecule has 0 aliphatic heterocycles. The fourth-order valence-corrected chi connectivity index (χ4v) is 3.03. The lowest BCUT2D eigenvalue weighted by atomic mass is 10.2. The maximum Gasteiger partial charge on any atom is 0.369 e. The Bertz CT molecular complexity index is 964. The van der Waals surface area contributed by atoms with Gasteiger partial charge in [-0.15, -0.1) is 11.3 Å². The number of nitrogens with two attached hydrogens (primary N) is 1. The van der Waals surface area contributed by atoms with Gasteiger partial charge < -0.3 is 5.73 Å². The fraction of sp³-hybridized carbons (Fsp3) is 0.286. The monoisotopic (exact) mass is 367 g/mol. The Labute approximate surface area is 144 Å². The van der Waals surface area contributed by atoms with Gasteiger partial charge in [-0.05, 0) is 29.0 Å². The standard InChI is InChI=1S/C14H15F2N7OS/c1-2-21-6-11(5-18-21)9-3-12(25-8-9)23-14(24)22(19-20-23)7-10(4-17)13(15)16/h3,5-6,8H,2,4,7,17H2,1H3. The summed E-state index contributed by atoms with van der Waals surface area (Å²) in [7, 11) is 0. The van der Waals surface area contributed by atoms with Gasteiger partial charge >= 0.3 is 5.69 Å². The van der Waals surface area contributed by atoms with E-state index in [1.54, 1.807) is 16.9 Å². The summed E-state index contributed by atoms with van der Waals surface area (Å²) in [5.74, 6) is 0. The highest BCUT2D eigenvalue weighted by Crippen LogP contribution is 2.26. The minimum Gasteiger partial charge on any atom is -0.327 e. The number of thiophene rings is 1. The van der Waals surface area contributed by atoms with Crippen LogP contribution in [0, 0.1) is 0 Å². The van der Waals surface area contributed by atoms with Gasteiger partial charge in [-0.3, -0.25) is 4.68 Å². The number of tetrazole rings is 1. The molecule has 0 bridgehead atoms. The van der Waals surface area contributed by atoms with Gasteiger partial charge in [-0.1, -0.05) is 0 Å². The molecule has 0 saturated carbocycles. The summed E-state index contributed by atoms with van der Waals surface area (Å²) in [6.45, 7) is 2.00. The third kappa shape index (κ3) is 3.42. The van der Waals surface area contributed by atoms with Gasteiger partial charge in [-0.2, -0.15) is 23.2 Å². The smallest absolute Gasteiger partial charge is 0.327 e. The van der Waals surface area contributed by atoms with Crippen molar-refractivity contribution in [3.05, 3.63) is 46.0 Å². The molecule has 3 heterocycles. The van der Waals surface area contributed by atoms with Crippen LogP contribution in [0.25, 0.3) is 16.1 Å². The van der Waals surface area contributed by atoms with E-state index < -0.39 is 11.8 Å². The highest BCUT2D eigenvalue weighted by Gasteiger charge is 2.15. The molecule has 0 aromatic carbocycles. The molecule has 0 unspecified atom stereocenters. The summed E-state index contributed by atoms with van der Waals surface area (Å²) in [5.41, 5.74) is 6.10. The first-order valence-corrected chi connectivity index (χ1v) is 8.29. The molecule has 0 aliphatic carbocycles. The van der Waals surface area contributed by atoms with E-state index in [0.29, 0.717) is 5.00 Å². The molecule has 0 spiro atoms. The van der Waals surface area contributed by atoms with Crippen LogP contribution in [-0.2, 0) is 13.1 Å². The number of nitrogens with zero attached hydrogens (tertiary/aromatic N) is 6. The topological polar surface area (TPSA) is 96.5 Å². The number of hydrogen-bond acceptors (Lipinski definition) is 6. The second-order valence-electron chi connectivity index (χ2n) is 5.16. The Morgan fingerprint density at radius 1 is 1.32 bits per heavy atom. The molecular weight excluding hydrogens is 352 g/mol. The minimum absolute atomic E-state index is 0.354. The van der Waals surface area contributed by atoms with Crippen LogP contribution in [0.4, 0.5) is 8.78 Å². The van der Waals surface area contributed by atoms with Gasteiger partial charge in [0.2, 0.25) is 0 Å². The molecule has 0 fully saturated rings. The highest BCUT2D eigenvalue weighted by molar-refractivity contribution is 7.13. The zero-order valence-electron chi connectivity index (χ0n) is 13.3. The zero-order chi connectivity index (χ0) is 18.0. The maximum atomic E-state index is 12.7. The predicted molar refractivity (Wildman–Crippen MR) is 88.7 cm³/mol. The number of rotatable bonds is 6. The van der Waals surface area contributed by atoms with E-state index in [1.165, 1.54) is 11.3 Å². The van der Waals surface area contributed by atoms with Crippen molar-refractivity contribution >= 4 is 11.3 Å². The SMILES string of the molecule is CCn1cc(-c2csc(-n3nnn(CC(CN)=C(F)F)c3=O)c2)cn1. The molecule has 0 aliphatic rings. The molecule has 3 aromatic rings. The highest BCUT2D eigenvalue weighted by atomic mass is 32.1. The van der Waals surface area contributed by atoms with Crippen LogP contribution in [0.15, 0.2) is 40.3 Å². The number of aromatic nitrogens is 6. The van der Waals surface area contributed by atoms with Crippen LogP contribution in [-0.4, -0.2) is 36.1 Å². The van der Waals surface area contributed by atoms with E-state index in [-0.39, 0.29) is 18.7 Å². The Hall–Kier alpha value is -2.66. The molecule has 2 N–H and O–H groups in total. The van der Waals surface area contributed by atoms with Gasteiger partial charge in [0.1, 0.15) is 5.00 Å². The van der Waals surface area contributed by atoms with Gasteiger partial charge in [0.15, 0.2) is 0 Å². The second-order valence-corrected chi connectivity index (χ2v) is 6.05. The van der Waals surface area contributed by atoms with Gasteiger partial charge in [0.05, 0.1) is 12.7 Å². The average molecular weight is 367 g/mol. The van der Waals surface area contributed by atoms with Crippen LogP contribution in [0.5, 0.6) is 0 Å². The van der Waals surface area contributed by atoms with Crippen molar-refractivity contribution in [3.8, 4) is 16.1 Å². The van der Waals surface area contributed by atoms with Crippen LogP contribution in [0.1, 0.15) is 6.92 Å². The largest absolute Gasteiger partial charge is 0.369 e. The van der Waals surface area contributed by atoms with Crippen molar-refractivity contribution in [2.45, 2.75) is 20.0 Å². The fourth-order valence-electron chi connectivity index (χ4n) is 2.17. The molecule has 25 heavy (non-hydrogen) atoms. The Morgan fingerprint density at radius 3 is 2.76 bits per heavy atom. The van der Waals surface area contributed by atoms with Crippen LogP contribution >= 0.6 is 11.3 Å². The normalized spacial score (nSPS) is 11.0. The number of halogens is 2. The summed E-state index contributed by atoms with van der Waals surface area (Å²) < 4.78 is 29.1. The van der Waals surface area contributed by atoms with E-state index in [9.17, 15) is 13.6 Å². The molecule has 132 valence electrons. The lowest BCUT2D eigenvalue weighted by molar-refractivity contribution is 0.400. The molecular formula is C14H15F2N7OS. The summed E-state index contributed by atoms with van der Waals surface area (Å²) in [5, 5.41) is 14.0. The molecule has 3 aromatic heterocycles. The lowest BCUT2D eigenvalue weighted by Gasteiger charge is -2.00. The maximum absolute atomic E-state index is 12.7. The molecule has 3 rings (SSSR count). The van der Waals surface area contributed by atoms with Crippen molar-refractivity contribution in [3.63, 3.8) is 0 Å². The second kappa shape index (κ2) is 7.07. The number of hydrogen-bond donors (Lipinski definition) is 1. The Morgan fingerprint density at radius 2 is 2.12 bits per heavy atom. The van der Waals surface area contributed by atoms with Crippen molar-refractivity contribution in [1.29, 1.82) is 0 Å². The van der Waals surface area contributed by atoms with Crippen molar-refractivity contribution in [2.75, 3.05) is 6.54 Å². The first kappa shape index (κ1) is 17.2. The quantitative estimate of drug-likeness (QED) is 0.712. The summed E-state index contributed by atoms with van der Waals surface area (Å²) in [6.07, 6.45) is 1.72. The van der Waals surface area contributed by atoms with Gasteiger partial charge in [0, 0.05) is 35.8 Å². The van der Waals surface area contributed by atoms with Crippen LogP contribution in [0.2, 0.25) is 0 Å². The number of aryl methyl sites for hydroxylation is 1. The summed E-state index contributed by atoms with van der Waals surface area (Å²) in [4.78, 5) is 12.3. The zero-order valence-corrected chi connectivity index (χ0v) is 14.1. The lowest BCUT2D eigenvalue weighted by Crippen LogP contribution is -2.26. The Kier molecular flexibility index (Phi) is 4.86. The molecule has 0 amide bonds. The molecule has 0 radical (unpaired) electrons. The van der Waals surface area contributed by atoms with Gasteiger partial charge in [-0.25, -0.2) is 4.79 Å². The first-order valence-electron chi connectivity index (χ1n) is 7.41. The Balaban J connectivity index is 1.89. The minimum atomic E-state index is -1.91. The van der Waals surface area contributed by atoms with E-state index in [2.05, 4.69) is 15.5 Å². The van der Waals surface area contributed by atoms with Gasteiger partial charge in [0.25, 0.3) is 6.08 Å².